The van der Waals surface area contributed by atoms with Gasteiger partial charge in [0.1, 0.15) is 24.0 Å². The first-order valence-electron chi connectivity index (χ1n) is 18.0. The minimum Gasteiger partial charge on any atom is -0.329 e. The Morgan fingerprint density at radius 1 is 0.638 bits per heavy atom. The van der Waals surface area contributed by atoms with Crippen LogP contribution in [0.5, 0.6) is 0 Å². The van der Waals surface area contributed by atoms with Crippen molar-refractivity contribution in [1.82, 2.24) is 59.5 Å². The predicted octanol–water partition coefficient (Wildman–Crippen LogP) is 6.97. The van der Waals surface area contributed by atoms with Gasteiger partial charge < -0.3 is 19.8 Å². The Morgan fingerprint density at radius 3 is 1.72 bits per heavy atom. The number of aryl methyl sites for hydroxylation is 2. The molecule has 18 heteroatoms. The number of nitrogens with zero attached hydrogens (tertiary/aromatic N) is 12. The number of anilines is 2. The van der Waals surface area contributed by atoms with E-state index in [1.54, 1.807) is 51.9 Å². The SMILES string of the molecule is C[C@H](Sc1nncn1C)c1cccc(-n2cc(-c3cccc(NC=O)c3)nn2)c1.C[C@H](Sc1nncn1C)c1cccc(-n2ncc(-c3cccc(NC=O)c3)n2)c1. The van der Waals surface area contributed by atoms with Crippen LogP contribution in [-0.4, -0.2) is 72.3 Å². The lowest BCUT2D eigenvalue weighted by molar-refractivity contribution is -0.106. The van der Waals surface area contributed by atoms with Crippen LogP contribution in [0.2, 0.25) is 0 Å². The Hall–Kier alpha value is -6.92. The summed E-state index contributed by atoms with van der Waals surface area (Å²) in [5, 5.41) is 41.1. The monoisotopic (exact) mass is 810 g/mol. The van der Waals surface area contributed by atoms with E-state index in [1.165, 1.54) is 0 Å². The van der Waals surface area contributed by atoms with Gasteiger partial charge in [0.25, 0.3) is 0 Å². The average Bonchev–Trinajstić information content (AvgIpc) is 4.09. The van der Waals surface area contributed by atoms with Crippen molar-refractivity contribution in [2.75, 3.05) is 10.6 Å². The maximum atomic E-state index is 10.7. The van der Waals surface area contributed by atoms with Crippen LogP contribution in [0.25, 0.3) is 33.9 Å². The quantitative estimate of drug-likeness (QED) is 0.0852. The molecule has 8 rings (SSSR count). The van der Waals surface area contributed by atoms with Gasteiger partial charge in [0.2, 0.25) is 12.8 Å². The Kier molecular flexibility index (Phi) is 12.4. The molecule has 0 aliphatic carbocycles. The maximum absolute atomic E-state index is 10.7. The largest absolute Gasteiger partial charge is 0.329 e. The van der Waals surface area contributed by atoms with Gasteiger partial charge >= 0.3 is 0 Å². The maximum Gasteiger partial charge on any atom is 0.211 e. The first-order valence-corrected chi connectivity index (χ1v) is 19.7. The van der Waals surface area contributed by atoms with Gasteiger partial charge in [-0.15, -0.1) is 30.6 Å². The number of carbonyl (C=O) groups is 2. The van der Waals surface area contributed by atoms with Gasteiger partial charge in [-0.25, -0.2) is 4.68 Å². The summed E-state index contributed by atoms with van der Waals surface area (Å²) in [5.74, 6) is 0. The lowest BCUT2D eigenvalue weighted by atomic mass is 10.1. The number of aromatic nitrogens is 12. The van der Waals surface area contributed by atoms with Crippen molar-refractivity contribution in [3.63, 3.8) is 0 Å². The van der Waals surface area contributed by atoms with Crippen LogP contribution in [0.4, 0.5) is 11.4 Å². The van der Waals surface area contributed by atoms with Crippen molar-refractivity contribution in [1.29, 1.82) is 0 Å². The molecule has 2 amide bonds. The summed E-state index contributed by atoms with van der Waals surface area (Å²) in [6.45, 7) is 4.27. The van der Waals surface area contributed by atoms with E-state index in [0.29, 0.717) is 24.2 Å². The normalized spacial score (nSPS) is 11.9. The second kappa shape index (κ2) is 18.4. The zero-order valence-electron chi connectivity index (χ0n) is 31.9. The Bertz CT molecular complexity index is 2450. The molecule has 0 saturated carbocycles. The fraction of sp³-hybridized carbons (Fsp3) is 0.150. The van der Waals surface area contributed by atoms with E-state index in [9.17, 15) is 9.59 Å². The molecule has 0 aliphatic rings. The van der Waals surface area contributed by atoms with Gasteiger partial charge in [0.15, 0.2) is 10.3 Å². The third kappa shape index (κ3) is 9.54. The molecule has 0 radical (unpaired) electrons. The van der Waals surface area contributed by atoms with Crippen LogP contribution in [0, 0.1) is 0 Å². The number of hydrogen-bond acceptors (Lipinski definition) is 12. The standard InChI is InChI=1S/2C20H19N7OS/c1-14(29-20-24-22-12-26(20)2)15-5-4-8-18(10-15)27-11-19(23-25-27)16-6-3-7-17(9-16)21-13-28;1-14(29-20-24-22-12-26(20)2)15-5-4-8-18(10-15)27-23-11-19(25-27)16-6-3-7-17(9-16)21-13-28/h2*3-14H,1-2H3,(H,21,28)/t2*14-/m00/s1. The highest BCUT2D eigenvalue weighted by molar-refractivity contribution is 7.99. The van der Waals surface area contributed by atoms with Crippen molar-refractivity contribution in [3.05, 3.63) is 133 Å². The minimum absolute atomic E-state index is 0.193. The summed E-state index contributed by atoms with van der Waals surface area (Å²) in [6, 6.07) is 31.3. The molecule has 0 aliphatic heterocycles. The van der Waals surface area contributed by atoms with Crippen molar-refractivity contribution in [2.45, 2.75) is 34.7 Å². The molecular weight excluding hydrogens is 773 g/mol. The molecule has 2 N–H and O–H groups in total. The van der Waals surface area contributed by atoms with E-state index in [4.69, 9.17) is 0 Å². The summed E-state index contributed by atoms with van der Waals surface area (Å²) in [4.78, 5) is 22.9. The van der Waals surface area contributed by atoms with Crippen LogP contribution in [0.15, 0.2) is 132 Å². The average molecular weight is 811 g/mol. The highest BCUT2D eigenvalue weighted by Crippen LogP contribution is 2.35. The highest BCUT2D eigenvalue weighted by atomic mass is 32.2. The van der Waals surface area contributed by atoms with Crippen LogP contribution in [0.3, 0.4) is 0 Å². The molecular formula is C40H38N14O2S2. The Labute approximate surface area is 342 Å². The second-order valence-corrected chi connectivity index (χ2v) is 15.5. The van der Waals surface area contributed by atoms with Gasteiger partial charge in [0, 0.05) is 47.1 Å². The lowest BCUT2D eigenvalue weighted by Gasteiger charge is -2.12. The van der Waals surface area contributed by atoms with Crippen LogP contribution in [-0.2, 0) is 23.7 Å². The number of amides is 2. The topological polar surface area (TPSA) is 181 Å². The Morgan fingerprint density at radius 2 is 1.17 bits per heavy atom. The van der Waals surface area contributed by atoms with Gasteiger partial charge in [0.05, 0.1) is 23.8 Å². The summed E-state index contributed by atoms with van der Waals surface area (Å²) in [6.07, 6.45) is 8.29. The molecule has 8 aromatic rings. The fourth-order valence-corrected chi connectivity index (χ4v) is 7.56. The first-order chi connectivity index (χ1) is 28.3. The molecule has 16 nitrogen and oxygen atoms in total. The smallest absolute Gasteiger partial charge is 0.211 e. The molecule has 0 spiro atoms. The minimum atomic E-state index is 0.193. The van der Waals surface area contributed by atoms with Crippen LogP contribution < -0.4 is 10.6 Å². The number of hydrogen-bond donors (Lipinski definition) is 2. The van der Waals surface area contributed by atoms with Crippen molar-refractivity contribution >= 4 is 47.7 Å². The molecule has 292 valence electrons. The number of benzene rings is 4. The highest BCUT2D eigenvalue weighted by Gasteiger charge is 2.15. The van der Waals surface area contributed by atoms with Crippen LogP contribution in [0.1, 0.15) is 35.5 Å². The fourth-order valence-electron chi connectivity index (χ4n) is 5.75. The molecule has 0 bridgehead atoms. The van der Waals surface area contributed by atoms with E-state index in [2.05, 4.69) is 89.7 Å². The summed E-state index contributed by atoms with van der Waals surface area (Å²) < 4.78 is 5.56. The van der Waals surface area contributed by atoms with Gasteiger partial charge in [-0.1, -0.05) is 77.3 Å². The molecule has 0 unspecified atom stereocenters. The molecule has 4 aromatic carbocycles. The van der Waals surface area contributed by atoms with E-state index >= 15 is 0 Å². The van der Waals surface area contributed by atoms with Crippen molar-refractivity contribution < 1.29 is 9.59 Å². The zero-order valence-corrected chi connectivity index (χ0v) is 33.5. The van der Waals surface area contributed by atoms with E-state index in [0.717, 1.165) is 55.3 Å². The third-order valence-corrected chi connectivity index (χ3v) is 11.2. The summed E-state index contributed by atoms with van der Waals surface area (Å²) >= 11 is 3.30. The van der Waals surface area contributed by atoms with E-state index in [1.807, 2.05) is 102 Å². The molecule has 2 atom stereocenters. The van der Waals surface area contributed by atoms with Gasteiger partial charge in [-0.2, -0.15) is 9.90 Å². The Balaban J connectivity index is 0.000000177. The summed E-state index contributed by atoms with van der Waals surface area (Å²) in [5.41, 5.74) is 8.74. The zero-order chi connectivity index (χ0) is 40.4. The number of nitrogens with one attached hydrogen (secondary N) is 2. The van der Waals surface area contributed by atoms with E-state index in [-0.39, 0.29) is 10.5 Å². The predicted molar refractivity (Wildman–Crippen MR) is 224 cm³/mol. The van der Waals surface area contributed by atoms with Gasteiger partial charge in [-0.3, -0.25) is 9.59 Å². The van der Waals surface area contributed by atoms with Crippen molar-refractivity contribution in [2.24, 2.45) is 14.1 Å². The number of carbonyl (C=O) groups excluding carboxylic acids is 2. The summed E-state index contributed by atoms with van der Waals surface area (Å²) in [7, 11) is 3.86. The first kappa shape index (κ1) is 39.3. The molecule has 4 aromatic heterocycles. The second-order valence-electron chi connectivity index (χ2n) is 12.9. The van der Waals surface area contributed by atoms with Crippen LogP contribution >= 0.6 is 23.5 Å². The molecule has 0 saturated heterocycles. The molecule has 4 heterocycles. The third-order valence-electron chi connectivity index (χ3n) is 8.83. The molecule has 0 fully saturated rings. The van der Waals surface area contributed by atoms with Crippen molar-refractivity contribution in [3.8, 4) is 33.9 Å². The van der Waals surface area contributed by atoms with E-state index < -0.39 is 0 Å². The number of thioether (sulfide) groups is 2. The number of rotatable bonds is 14. The molecule has 58 heavy (non-hydrogen) atoms. The lowest BCUT2D eigenvalue weighted by Crippen LogP contribution is -2.01. The van der Waals surface area contributed by atoms with Gasteiger partial charge in [-0.05, 0) is 73.5 Å².